The van der Waals surface area contributed by atoms with E-state index in [2.05, 4.69) is 36.4 Å². The minimum Gasteiger partial charge on any atom is -0.324 e. The summed E-state index contributed by atoms with van der Waals surface area (Å²) in [6.45, 7) is 7.68. The van der Waals surface area contributed by atoms with Gasteiger partial charge in [-0.25, -0.2) is 23.7 Å². The van der Waals surface area contributed by atoms with Crippen LogP contribution in [0, 0.1) is 5.82 Å². The zero-order chi connectivity index (χ0) is 24.3. The second-order valence-corrected chi connectivity index (χ2v) is 10.4. The Bertz CT molecular complexity index is 1510. The first-order valence-corrected chi connectivity index (χ1v) is 12.1. The van der Waals surface area contributed by atoms with Crippen molar-refractivity contribution in [3.05, 3.63) is 69.5 Å². The van der Waals surface area contributed by atoms with Gasteiger partial charge in [0.15, 0.2) is 11.5 Å². The second-order valence-electron chi connectivity index (χ2n) is 10.4. The number of hydrogen-bond acceptors (Lipinski definition) is 6. The maximum atomic E-state index is 14.7. The zero-order valence-electron chi connectivity index (χ0n) is 20.1. The van der Waals surface area contributed by atoms with E-state index in [0.29, 0.717) is 40.6 Å². The van der Waals surface area contributed by atoms with Crippen molar-refractivity contribution >= 4 is 22.7 Å². The molecule has 0 bridgehead atoms. The molecule has 8 nitrogen and oxygen atoms in total. The van der Waals surface area contributed by atoms with Crippen molar-refractivity contribution in [1.29, 1.82) is 0 Å². The Hall–Kier alpha value is -3.59. The molecule has 4 heterocycles. The van der Waals surface area contributed by atoms with Crippen molar-refractivity contribution in [1.82, 2.24) is 29.6 Å². The van der Waals surface area contributed by atoms with Crippen LogP contribution in [0.15, 0.2) is 41.3 Å². The highest BCUT2D eigenvalue weighted by Gasteiger charge is 2.31. The van der Waals surface area contributed by atoms with Gasteiger partial charge in [-0.2, -0.15) is 4.98 Å². The summed E-state index contributed by atoms with van der Waals surface area (Å²) >= 11 is 0. The van der Waals surface area contributed by atoms with Crippen LogP contribution in [-0.2, 0) is 18.4 Å². The predicted molar refractivity (Wildman–Crippen MR) is 133 cm³/mol. The highest BCUT2D eigenvalue weighted by atomic mass is 19.1. The molecular formula is C26H28FN7O. The van der Waals surface area contributed by atoms with Crippen LogP contribution in [-0.4, -0.2) is 30.9 Å². The lowest BCUT2D eigenvalue weighted by Gasteiger charge is -2.19. The van der Waals surface area contributed by atoms with E-state index in [1.165, 1.54) is 6.07 Å². The van der Waals surface area contributed by atoms with Crippen LogP contribution in [0.5, 0.6) is 0 Å². The van der Waals surface area contributed by atoms with Gasteiger partial charge in [-0.05, 0) is 55.6 Å². The van der Waals surface area contributed by atoms with Gasteiger partial charge in [-0.15, -0.1) is 0 Å². The van der Waals surface area contributed by atoms with Crippen molar-refractivity contribution in [3.63, 3.8) is 0 Å². The molecule has 3 aromatic heterocycles. The third-order valence-corrected chi connectivity index (χ3v) is 6.65. The first kappa shape index (κ1) is 21.9. The van der Waals surface area contributed by atoms with Crippen LogP contribution in [0.2, 0.25) is 0 Å². The van der Waals surface area contributed by atoms with Gasteiger partial charge >= 0.3 is 0 Å². The summed E-state index contributed by atoms with van der Waals surface area (Å²) in [5, 5.41) is 6.79. The molecule has 0 spiro atoms. The summed E-state index contributed by atoms with van der Waals surface area (Å²) in [5.41, 5.74) is 3.43. The fourth-order valence-corrected chi connectivity index (χ4v) is 4.64. The molecule has 1 saturated carbocycles. The van der Waals surface area contributed by atoms with Crippen LogP contribution in [0.1, 0.15) is 56.5 Å². The molecule has 0 amide bonds. The lowest BCUT2D eigenvalue weighted by Crippen LogP contribution is -2.24. The highest BCUT2D eigenvalue weighted by Crippen LogP contribution is 2.36. The number of pyridine rings is 1. The van der Waals surface area contributed by atoms with Crippen molar-refractivity contribution in [3.8, 4) is 5.82 Å². The fraction of sp³-hybridized carbons (Fsp3) is 0.385. The van der Waals surface area contributed by atoms with Crippen molar-refractivity contribution in [2.75, 3.05) is 11.9 Å². The van der Waals surface area contributed by atoms with Crippen molar-refractivity contribution < 1.29 is 4.39 Å². The van der Waals surface area contributed by atoms with Gasteiger partial charge in [0, 0.05) is 35.1 Å². The van der Waals surface area contributed by atoms with Crippen LogP contribution in [0.3, 0.4) is 0 Å². The molecule has 1 fully saturated rings. The van der Waals surface area contributed by atoms with Gasteiger partial charge in [0.05, 0.1) is 6.04 Å². The molecule has 180 valence electrons. The molecular weight excluding hydrogens is 445 g/mol. The average Bonchev–Trinajstić information content (AvgIpc) is 3.62. The van der Waals surface area contributed by atoms with Crippen molar-refractivity contribution in [2.45, 2.75) is 58.0 Å². The second kappa shape index (κ2) is 7.98. The third-order valence-electron chi connectivity index (χ3n) is 6.65. The Kier molecular flexibility index (Phi) is 5.00. The van der Waals surface area contributed by atoms with E-state index >= 15 is 0 Å². The molecule has 1 aliphatic carbocycles. The zero-order valence-corrected chi connectivity index (χ0v) is 20.1. The van der Waals surface area contributed by atoms with E-state index in [1.54, 1.807) is 10.9 Å². The minimum atomic E-state index is -0.252. The molecule has 35 heavy (non-hydrogen) atoms. The Labute approximate surface area is 202 Å². The quantitative estimate of drug-likeness (QED) is 0.463. The molecule has 0 atom stereocenters. The predicted octanol–water partition coefficient (Wildman–Crippen LogP) is 4.14. The number of halogens is 1. The summed E-state index contributed by atoms with van der Waals surface area (Å²) in [6, 6.07) is 9.39. The topological polar surface area (TPSA) is 89.7 Å². The minimum absolute atomic E-state index is 0.121. The number of fused-ring (bicyclic) bond motifs is 2. The molecule has 6 rings (SSSR count). The van der Waals surface area contributed by atoms with Crippen LogP contribution >= 0.6 is 0 Å². The smallest absolute Gasteiger partial charge is 0.278 e. The molecule has 1 aromatic carbocycles. The maximum absolute atomic E-state index is 14.7. The number of hydrogen-bond donors (Lipinski definition) is 2. The first-order chi connectivity index (χ1) is 16.8. The maximum Gasteiger partial charge on any atom is 0.278 e. The summed E-state index contributed by atoms with van der Waals surface area (Å²) in [5.74, 6) is 0.700. The lowest BCUT2D eigenvalue weighted by molar-refractivity contribution is 0.537. The van der Waals surface area contributed by atoms with Gasteiger partial charge in [0.25, 0.3) is 5.56 Å². The third kappa shape index (κ3) is 3.89. The molecule has 2 aliphatic rings. The lowest BCUT2D eigenvalue weighted by atomic mass is 9.92. The number of aromatic nitrogens is 5. The Balaban J connectivity index is 1.47. The highest BCUT2D eigenvalue weighted by molar-refractivity contribution is 5.77. The van der Waals surface area contributed by atoms with Gasteiger partial charge in [0.1, 0.15) is 11.2 Å². The molecule has 4 aromatic rings. The number of nitrogens with one attached hydrogen (secondary N) is 2. The average molecular weight is 474 g/mol. The number of nitrogens with zero attached hydrogens (tertiary/aromatic N) is 5. The SMILES string of the molecule is CC(C)(C)c1cccc(-n2c3nc(Nc4cc(F)c5c(c4)CCNC5)ncc3c(=O)n2C2CC2)n1. The molecule has 0 unspecified atom stereocenters. The van der Waals surface area contributed by atoms with E-state index in [4.69, 9.17) is 9.97 Å². The van der Waals surface area contributed by atoms with Gasteiger partial charge in [-0.1, -0.05) is 26.8 Å². The first-order valence-electron chi connectivity index (χ1n) is 12.1. The van der Waals surface area contributed by atoms with E-state index in [1.807, 2.05) is 28.9 Å². The largest absolute Gasteiger partial charge is 0.324 e. The van der Waals surface area contributed by atoms with Gasteiger partial charge in [0.2, 0.25) is 5.95 Å². The van der Waals surface area contributed by atoms with E-state index in [0.717, 1.165) is 37.1 Å². The summed E-state index contributed by atoms with van der Waals surface area (Å²) < 4.78 is 18.3. The standard InChI is InChI=1S/C26H28FN7O/c1-26(2,3)21-5-4-6-22(31-21)34-23-19(24(35)33(34)17-7-8-17)14-29-25(32-23)30-16-11-15-9-10-28-13-18(15)20(27)12-16/h4-6,11-12,14,17,28H,7-10,13H2,1-3H3,(H,29,30,32). The fourth-order valence-electron chi connectivity index (χ4n) is 4.64. The number of rotatable bonds is 4. The molecule has 0 radical (unpaired) electrons. The van der Waals surface area contributed by atoms with Gasteiger partial charge < -0.3 is 10.6 Å². The normalized spacial score (nSPS) is 15.9. The number of benzene rings is 1. The summed E-state index contributed by atoms with van der Waals surface area (Å²) in [7, 11) is 0. The molecule has 9 heteroatoms. The monoisotopic (exact) mass is 473 g/mol. The molecule has 2 N–H and O–H groups in total. The molecule has 0 saturated heterocycles. The number of anilines is 2. The van der Waals surface area contributed by atoms with Gasteiger partial charge in [-0.3, -0.25) is 4.79 Å². The Morgan fingerprint density at radius 2 is 2.00 bits per heavy atom. The van der Waals surface area contributed by atoms with E-state index < -0.39 is 0 Å². The van der Waals surface area contributed by atoms with Crippen LogP contribution < -0.4 is 16.2 Å². The molecule has 1 aliphatic heterocycles. The summed E-state index contributed by atoms with van der Waals surface area (Å²) in [6.07, 6.45) is 4.20. The Morgan fingerprint density at radius 1 is 1.17 bits per heavy atom. The van der Waals surface area contributed by atoms with Crippen LogP contribution in [0.25, 0.3) is 16.9 Å². The summed E-state index contributed by atoms with van der Waals surface area (Å²) in [4.78, 5) is 27.3. The van der Waals surface area contributed by atoms with Crippen LogP contribution in [0.4, 0.5) is 16.0 Å². The van der Waals surface area contributed by atoms with E-state index in [9.17, 15) is 9.18 Å². The van der Waals surface area contributed by atoms with Crippen molar-refractivity contribution in [2.24, 2.45) is 0 Å². The Morgan fingerprint density at radius 3 is 2.77 bits per heavy atom. The van der Waals surface area contributed by atoms with E-state index in [-0.39, 0.29) is 22.8 Å².